The predicted molar refractivity (Wildman–Crippen MR) is 110 cm³/mol. The van der Waals surface area contributed by atoms with Gasteiger partial charge in [0.2, 0.25) is 17.8 Å². The maximum Gasteiger partial charge on any atom is 0.344 e. The normalized spacial score (nSPS) is 23.4. The van der Waals surface area contributed by atoms with Crippen molar-refractivity contribution in [3.05, 3.63) is 33.0 Å². The molecule has 0 aliphatic carbocycles. The van der Waals surface area contributed by atoms with Crippen LogP contribution >= 0.6 is 0 Å². The summed E-state index contributed by atoms with van der Waals surface area (Å²) < 4.78 is 32.2. The van der Waals surface area contributed by atoms with Gasteiger partial charge in [0.05, 0.1) is 31.6 Å². The van der Waals surface area contributed by atoms with E-state index in [2.05, 4.69) is 0 Å². The minimum Gasteiger partial charge on any atom is -0.504 e. The number of hydrogen-bond acceptors (Lipinski definition) is 12. The number of aromatic hydroxyl groups is 1. The van der Waals surface area contributed by atoms with Crippen molar-refractivity contribution in [3.63, 3.8) is 0 Å². The van der Waals surface area contributed by atoms with Gasteiger partial charge < -0.3 is 48.2 Å². The number of ether oxygens (including phenoxy) is 4. The molecule has 174 valence electrons. The van der Waals surface area contributed by atoms with Crippen molar-refractivity contribution < 1.29 is 48.2 Å². The van der Waals surface area contributed by atoms with Gasteiger partial charge in [-0.25, -0.2) is 9.59 Å². The first-order valence-electron chi connectivity index (χ1n) is 9.72. The third-order valence-electron chi connectivity index (χ3n) is 5.60. The molecule has 0 saturated carbocycles. The van der Waals surface area contributed by atoms with Crippen LogP contribution in [0.15, 0.2) is 30.6 Å². The van der Waals surface area contributed by atoms with Gasteiger partial charge in [-0.1, -0.05) is 0 Å². The number of phenolic OH excluding ortho intramolecular Hbond substituents is 1. The molecule has 3 heterocycles. The zero-order chi connectivity index (χ0) is 23.6. The van der Waals surface area contributed by atoms with E-state index in [9.17, 15) is 30.0 Å². The van der Waals surface area contributed by atoms with Crippen molar-refractivity contribution >= 4 is 32.7 Å². The molecule has 5 rings (SSSR count). The molecular weight excluding hydrogens is 444 g/mol. The Morgan fingerprint density at radius 1 is 0.879 bits per heavy atom. The van der Waals surface area contributed by atoms with Crippen molar-refractivity contribution in [2.45, 2.75) is 24.6 Å². The molecule has 4 aromatic rings. The molecule has 1 fully saturated rings. The molecule has 0 bridgehead atoms. The highest BCUT2D eigenvalue weighted by molar-refractivity contribution is 6.22. The Hall–Kier alpha value is -3.58. The maximum atomic E-state index is 12.9. The number of rotatable bonds is 4. The Balaban J connectivity index is 1.81. The van der Waals surface area contributed by atoms with E-state index in [4.69, 9.17) is 27.8 Å². The smallest absolute Gasteiger partial charge is 0.344 e. The number of phenols is 1. The summed E-state index contributed by atoms with van der Waals surface area (Å²) in [4.78, 5) is 25.6. The van der Waals surface area contributed by atoms with Gasteiger partial charge in [0.15, 0.2) is 22.7 Å². The molecule has 2 aromatic carbocycles. The van der Waals surface area contributed by atoms with Crippen LogP contribution in [-0.2, 0) is 4.74 Å². The van der Waals surface area contributed by atoms with E-state index in [0.29, 0.717) is 0 Å². The third-order valence-corrected chi connectivity index (χ3v) is 5.60. The van der Waals surface area contributed by atoms with E-state index in [-0.39, 0.29) is 56.6 Å². The number of aliphatic hydroxyl groups excluding tert-OH is 3. The number of benzene rings is 2. The fourth-order valence-corrected chi connectivity index (χ4v) is 4.04. The summed E-state index contributed by atoms with van der Waals surface area (Å²) in [5.41, 5.74) is -2.02. The van der Waals surface area contributed by atoms with Crippen LogP contribution < -0.4 is 25.5 Å². The van der Waals surface area contributed by atoms with Crippen molar-refractivity contribution in [2.75, 3.05) is 20.8 Å². The van der Waals surface area contributed by atoms with E-state index >= 15 is 0 Å². The van der Waals surface area contributed by atoms with Gasteiger partial charge in [-0.2, -0.15) is 0 Å². The number of methoxy groups -OCH3 is 2. The zero-order valence-electron chi connectivity index (χ0n) is 17.2. The van der Waals surface area contributed by atoms with Crippen LogP contribution in [0.1, 0.15) is 0 Å². The summed E-state index contributed by atoms with van der Waals surface area (Å²) in [6, 6.07) is 2.39. The van der Waals surface area contributed by atoms with Crippen LogP contribution in [0, 0.1) is 0 Å². The van der Waals surface area contributed by atoms with Crippen molar-refractivity contribution in [3.8, 4) is 23.0 Å². The molecule has 33 heavy (non-hydrogen) atoms. The molecule has 4 N–H and O–H groups in total. The van der Waals surface area contributed by atoms with Gasteiger partial charge in [-0.15, -0.1) is 0 Å². The molecule has 1 aliphatic heterocycles. The van der Waals surface area contributed by atoms with Gasteiger partial charge in [0.1, 0.15) is 18.3 Å². The SMILES string of the molecule is COc1c(O)cc2c(=O)oc3c(OC)c(O[C@H]4OC[C@H](O)[C@@H](O)[C@H]4O)cc4c(=O)oc1c2c34. The van der Waals surface area contributed by atoms with Crippen LogP contribution in [0.5, 0.6) is 23.0 Å². The van der Waals surface area contributed by atoms with Crippen molar-refractivity contribution in [1.29, 1.82) is 0 Å². The van der Waals surface area contributed by atoms with Gasteiger partial charge in [0.25, 0.3) is 0 Å². The van der Waals surface area contributed by atoms with Crippen LogP contribution in [0.2, 0.25) is 0 Å². The number of hydrogen-bond donors (Lipinski definition) is 4. The lowest BCUT2D eigenvalue weighted by Crippen LogP contribution is -2.54. The van der Waals surface area contributed by atoms with Crippen LogP contribution in [0.25, 0.3) is 32.7 Å². The first-order valence-corrected chi connectivity index (χ1v) is 9.72. The molecule has 12 heteroatoms. The Bertz CT molecular complexity index is 1480. The molecule has 0 unspecified atom stereocenters. The predicted octanol–water partition coefficient (Wildman–Crippen LogP) is 0.0310. The molecule has 1 saturated heterocycles. The van der Waals surface area contributed by atoms with E-state index < -0.39 is 41.6 Å². The monoisotopic (exact) mass is 462 g/mol. The summed E-state index contributed by atoms with van der Waals surface area (Å²) in [7, 11) is 2.53. The number of aliphatic hydroxyl groups is 3. The lowest BCUT2D eigenvalue weighted by atomic mass is 10.0. The first-order chi connectivity index (χ1) is 15.8. The van der Waals surface area contributed by atoms with Gasteiger partial charge >= 0.3 is 11.3 Å². The highest BCUT2D eigenvalue weighted by Crippen LogP contribution is 2.46. The fourth-order valence-electron chi connectivity index (χ4n) is 4.04. The summed E-state index contributed by atoms with van der Waals surface area (Å²) >= 11 is 0. The maximum absolute atomic E-state index is 12.9. The van der Waals surface area contributed by atoms with E-state index in [1.54, 1.807) is 0 Å². The Kier molecular flexibility index (Phi) is 4.83. The second-order valence-corrected chi connectivity index (χ2v) is 7.49. The average Bonchev–Trinajstić information content (AvgIpc) is 2.78. The summed E-state index contributed by atoms with van der Waals surface area (Å²) in [5.74, 6) is -0.809. The zero-order valence-corrected chi connectivity index (χ0v) is 17.2. The lowest BCUT2D eigenvalue weighted by molar-refractivity contribution is -0.242. The van der Waals surface area contributed by atoms with Crippen molar-refractivity contribution in [1.82, 2.24) is 0 Å². The third kappa shape index (κ3) is 2.99. The van der Waals surface area contributed by atoms with E-state index in [1.807, 2.05) is 0 Å². The minimum absolute atomic E-state index is 0.0524. The summed E-state index contributed by atoms with van der Waals surface area (Å²) in [5, 5.41) is 40.2. The summed E-state index contributed by atoms with van der Waals surface area (Å²) in [6.07, 6.45) is -5.91. The van der Waals surface area contributed by atoms with Crippen LogP contribution in [0.3, 0.4) is 0 Å². The summed E-state index contributed by atoms with van der Waals surface area (Å²) in [6.45, 7) is -0.319. The Labute approximate surface area is 183 Å². The largest absolute Gasteiger partial charge is 0.504 e. The van der Waals surface area contributed by atoms with Gasteiger partial charge in [0, 0.05) is 10.8 Å². The second-order valence-electron chi connectivity index (χ2n) is 7.49. The highest BCUT2D eigenvalue weighted by atomic mass is 16.7. The molecule has 2 aromatic heterocycles. The second kappa shape index (κ2) is 7.49. The molecule has 0 radical (unpaired) electrons. The highest BCUT2D eigenvalue weighted by Gasteiger charge is 2.40. The lowest BCUT2D eigenvalue weighted by Gasteiger charge is -2.35. The van der Waals surface area contributed by atoms with Crippen molar-refractivity contribution in [2.24, 2.45) is 0 Å². The quantitative estimate of drug-likeness (QED) is 0.237. The minimum atomic E-state index is -1.63. The topological polar surface area (TPSA) is 178 Å². The van der Waals surface area contributed by atoms with Gasteiger partial charge in [-0.05, 0) is 12.1 Å². The molecule has 12 nitrogen and oxygen atoms in total. The molecule has 0 amide bonds. The van der Waals surface area contributed by atoms with Crippen LogP contribution in [-0.4, -0.2) is 65.9 Å². The molecule has 0 spiro atoms. The molecule has 4 atom stereocenters. The Morgan fingerprint density at radius 2 is 1.45 bits per heavy atom. The first kappa shape index (κ1) is 21.3. The van der Waals surface area contributed by atoms with E-state index in [0.717, 1.165) is 6.07 Å². The fraction of sp³-hybridized carbons (Fsp3) is 0.333. The molecule has 1 aliphatic rings. The average molecular weight is 462 g/mol. The Morgan fingerprint density at radius 3 is 2.06 bits per heavy atom. The van der Waals surface area contributed by atoms with E-state index in [1.165, 1.54) is 20.3 Å². The van der Waals surface area contributed by atoms with Gasteiger partial charge in [-0.3, -0.25) is 0 Å². The molecular formula is C21H18O12. The van der Waals surface area contributed by atoms with Crippen LogP contribution in [0.4, 0.5) is 0 Å². The standard InChI is InChI=1S/C21H18O12/c1-28-15-8(22)3-6-11-12-7(20(27)32-17(11)15)4-10(16(29-2)18(12)33-19(6)26)31-21-14(25)13(24)9(23)5-30-21/h3-4,9,13-14,21-25H,5H2,1-2H3/t9-,13+,14+,21+/m0/s1.